The largest absolute Gasteiger partial charge is 0.496 e. The Hall–Kier alpha value is -3.93. The van der Waals surface area contributed by atoms with Crippen LogP contribution >= 0.6 is 0 Å². The molecule has 0 aliphatic carbocycles. The Morgan fingerprint density at radius 3 is 2.50 bits per heavy atom. The van der Waals surface area contributed by atoms with Crippen LogP contribution in [-0.2, 0) is 0 Å². The zero-order chi connectivity index (χ0) is 19.3. The molecule has 0 bridgehead atoms. The number of benzene rings is 3. The molecule has 0 radical (unpaired) electrons. The minimum absolute atomic E-state index is 0.160. The van der Waals surface area contributed by atoms with Gasteiger partial charge in [-0.2, -0.15) is 5.10 Å². The molecule has 0 amide bonds. The van der Waals surface area contributed by atoms with Gasteiger partial charge in [-0.1, -0.05) is 42.5 Å². The Balaban J connectivity index is 1.79. The quantitative estimate of drug-likeness (QED) is 0.428. The van der Waals surface area contributed by atoms with Crippen molar-refractivity contribution in [1.29, 1.82) is 0 Å². The minimum Gasteiger partial charge on any atom is -0.496 e. The number of para-hydroxylation sites is 3. The van der Waals surface area contributed by atoms with Crippen molar-refractivity contribution in [3.8, 4) is 11.4 Å². The van der Waals surface area contributed by atoms with Gasteiger partial charge in [-0.3, -0.25) is 4.79 Å². The van der Waals surface area contributed by atoms with Crippen LogP contribution < -0.4 is 15.7 Å². The molecule has 0 unspecified atom stereocenters. The van der Waals surface area contributed by atoms with Crippen LogP contribution in [0.3, 0.4) is 0 Å². The first-order valence-corrected chi connectivity index (χ1v) is 8.77. The second-order valence-corrected chi connectivity index (χ2v) is 6.04. The lowest BCUT2D eigenvalue weighted by Gasteiger charge is -2.12. The van der Waals surface area contributed by atoms with Crippen molar-refractivity contribution < 1.29 is 4.74 Å². The van der Waals surface area contributed by atoms with E-state index in [1.807, 2.05) is 66.7 Å². The topological polar surface area (TPSA) is 68.5 Å². The highest BCUT2D eigenvalue weighted by atomic mass is 16.5. The zero-order valence-electron chi connectivity index (χ0n) is 15.2. The third-order valence-corrected chi connectivity index (χ3v) is 4.30. The Morgan fingerprint density at radius 1 is 0.964 bits per heavy atom. The van der Waals surface area contributed by atoms with E-state index in [1.165, 1.54) is 4.57 Å². The average Bonchev–Trinajstić information content (AvgIpc) is 2.75. The second kappa shape index (κ2) is 7.75. The Kier molecular flexibility index (Phi) is 4.84. The van der Waals surface area contributed by atoms with Crippen LogP contribution in [0, 0.1) is 0 Å². The van der Waals surface area contributed by atoms with Crippen molar-refractivity contribution in [1.82, 2.24) is 9.55 Å². The van der Waals surface area contributed by atoms with Crippen LogP contribution in [0.15, 0.2) is 88.8 Å². The molecular weight excluding hydrogens is 352 g/mol. The monoisotopic (exact) mass is 370 g/mol. The fourth-order valence-corrected chi connectivity index (χ4v) is 2.96. The lowest BCUT2D eigenvalue weighted by Crippen LogP contribution is -2.22. The van der Waals surface area contributed by atoms with Crippen molar-refractivity contribution in [3.05, 3.63) is 94.8 Å². The molecule has 0 saturated carbocycles. The molecule has 0 aliphatic rings. The number of hydrogen-bond donors (Lipinski definition) is 1. The average molecular weight is 370 g/mol. The van der Waals surface area contributed by atoms with Gasteiger partial charge >= 0.3 is 0 Å². The number of fused-ring (bicyclic) bond motifs is 1. The molecule has 0 fully saturated rings. The highest BCUT2D eigenvalue weighted by molar-refractivity contribution is 5.84. The summed E-state index contributed by atoms with van der Waals surface area (Å²) in [6, 6.07) is 24.1. The molecular formula is C22H18N4O2. The summed E-state index contributed by atoms with van der Waals surface area (Å²) in [5.74, 6) is 1.04. The highest BCUT2D eigenvalue weighted by Gasteiger charge is 2.12. The van der Waals surface area contributed by atoms with Crippen molar-refractivity contribution in [2.45, 2.75) is 0 Å². The van der Waals surface area contributed by atoms with Crippen molar-refractivity contribution in [3.63, 3.8) is 0 Å². The maximum absolute atomic E-state index is 13.1. The van der Waals surface area contributed by atoms with Gasteiger partial charge in [0.25, 0.3) is 5.56 Å². The summed E-state index contributed by atoms with van der Waals surface area (Å²) in [5, 5.41) is 4.82. The molecule has 138 valence electrons. The second-order valence-electron chi connectivity index (χ2n) is 6.04. The van der Waals surface area contributed by atoms with Gasteiger partial charge in [-0.25, -0.2) is 15.0 Å². The van der Waals surface area contributed by atoms with Gasteiger partial charge in [0.15, 0.2) is 0 Å². The smallest absolute Gasteiger partial charge is 0.267 e. The number of rotatable bonds is 5. The molecule has 1 N–H and O–H groups in total. The molecule has 0 aliphatic heterocycles. The predicted molar refractivity (Wildman–Crippen MR) is 112 cm³/mol. The van der Waals surface area contributed by atoms with E-state index in [0.29, 0.717) is 28.3 Å². The Labute approximate surface area is 161 Å². The summed E-state index contributed by atoms with van der Waals surface area (Å²) >= 11 is 0. The van der Waals surface area contributed by atoms with E-state index in [9.17, 15) is 4.79 Å². The molecule has 0 atom stereocenters. The van der Waals surface area contributed by atoms with Crippen LogP contribution in [0.1, 0.15) is 5.56 Å². The third-order valence-electron chi connectivity index (χ3n) is 4.30. The maximum atomic E-state index is 13.1. The molecule has 4 rings (SSSR count). The van der Waals surface area contributed by atoms with Crippen molar-refractivity contribution >= 4 is 23.1 Å². The Bertz CT molecular complexity index is 1200. The summed E-state index contributed by atoms with van der Waals surface area (Å²) in [6.45, 7) is 0. The minimum atomic E-state index is -0.160. The number of nitrogens with one attached hydrogen (secondary N) is 1. The summed E-state index contributed by atoms with van der Waals surface area (Å²) in [4.78, 5) is 17.7. The fraction of sp³-hybridized carbons (Fsp3) is 0.0455. The van der Waals surface area contributed by atoms with E-state index >= 15 is 0 Å². The number of hydrazone groups is 1. The molecule has 6 nitrogen and oxygen atoms in total. The van der Waals surface area contributed by atoms with Gasteiger partial charge < -0.3 is 4.74 Å². The molecule has 28 heavy (non-hydrogen) atoms. The van der Waals surface area contributed by atoms with Gasteiger partial charge in [-0.05, 0) is 36.4 Å². The van der Waals surface area contributed by atoms with E-state index in [4.69, 9.17) is 4.74 Å². The first-order valence-electron chi connectivity index (χ1n) is 8.77. The van der Waals surface area contributed by atoms with E-state index in [1.54, 1.807) is 25.5 Å². The molecule has 3 aromatic carbocycles. The summed E-state index contributed by atoms with van der Waals surface area (Å²) in [7, 11) is 1.61. The van der Waals surface area contributed by atoms with Gasteiger partial charge in [0, 0.05) is 5.56 Å². The van der Waals surface area contributed by atoms with Crippen LogP contribution in [-0.4, -0.2) is 22.9 Å². The van der Waals surface area contributed by atoms with Crippen LogP contribution in [0.2, 0.25) is 0 Å². The van der Waals surface area contributed by atoms with Gasteiger partial charge in [0.05, 0.1) is 29.9 Å². The van der Waals surface area contributed by atoms with E-state index in [0.717, 1.165) is 5.56 Å². The molecule has 1 aromatic heterocycles. The summed E-state index contributed by atoms with van der Waals surface area (Å²) in [6.07, 6.45) is 1.63. The SMILES string of the molecule is COc1ccccc1/C=N\Nc1nc2ccccc2c(=O)n1-c1ccccc1. The lowest BCUT2D eigenvalue weighted by molar-refractivity contribution is 0.414. The normalized spacial score (nSPS) is 11.0. The van der Waals surface area contributed by atoms with Crippen LogP contribution in [0.25, 0.3) is 16.6 Å². The number of aromatic nitrogens is 2. The number of anilines is 1. The number of methoxy groups -OCH3 is 1. The standard InChI is InChI=1S/C22H18N4O2/c1-28-20-14-8-5-9-16(20)15-23-25-22-24-19-13-7-6-12-18(19)21(27)26(22)17-10-3-2-4-11-17/h2-15H,1H3,(H,24,25)/b23-15-. The van der Waals surface area contributed by atoms with E-state index in [-0.39, 0.29) is 5.56 Å². The molecule has 0 spiro atoms. The number of hydrogen-bond acceptors (Lipinski definition) is 5. The zero-order valence-corrected chi connectivity index (χ0v) is 15.2. The van der Waals surface area contributed by atoms with E-state index < -0.39 is 0 Å². The van der Waals surface area contributed by atoms with Crippen molar-refractivity contribution in [2.24, 2.45) is 5.10 Å². The van der Waals surface area contributed by atoms with Crippen molar-refractivity contribution in [2.75, 3.05) is 12.5 Å². The number of ether oxygens (including phenoxy) is 1. The van der Waals surface area contributed by atoms with Gasteiger partial charge in [0.1, 0.15) is 5.75 Å². The Morgan fingerprint density at radius 2 is 1.68 bits per heavy atom. The van der Waals surface area contributed by atoms with Crippen LogP contribution in [0.5, 0.6) is 5.75 Å². The first kappa shape index (κ1) is 17.5. The fourth-order valence-electron chi connectivity index (χ4n) is 2.96. The highest BCUT2D eigenvalue weighted by Crippen LogP contribution is 2.17. The molecule has 4 aromatic rings. The summed E-state index contributed by atoms with van der Waals surface area (Å²) in [5.41, 5.74) is 4.88. The first-order chi connectivity index (χ1) is 13.8. The van der Waals surface area contributed by atoms with Gasteiger partial charge in [0.2, 0.25) is 5.95 Å². The van der Waals surface area contributed by atoms with E-state index in [2.05, 4.69) is 15.5 Å². The van der Waals surface area contributed by atoms with Gasteiger partial charge in [-0.15, -0.1) is 0 Å². The molecule has 6 heteroatoms. The predicted octanol–water partition coefficient (Wildman–Crippen LogP) is 3.84. The third kappa shape index (κ3) is 3.35. The maximum Gasteiger partial charge on any atom is 0.267 e. The number of nitrogens with zero attached hydrogens (tertiary/aromatic N) is 3. The molecule has 1 heterocycles. The van der Waals surface area contributed by atoms with Crippen LogP contribution in [0.4, 0.5) is 5.95 Å². The lowest BCUT2D eigenvalue weighted by atomic mass is 10.2. The molecule has 0 saturated heterocycles. The summed E-state index contributed by atoms with van der Waals surface area (Å²) < 4.78 is 6.84.